The fraction of sp³-hybridized carbons (Fsp3) is 0.429. The summed E-state index contributed by atoms with van der Waals surface area (Å²) in [5.74, 6) is -3.42. The normalized spacial score (nSPS) is 22.2. The number of rotatable bonds is 10. The van der Waals surface area contributed by atoms with Crippen molar-refractivity contribution < 1.29 is 33.8 Å². The number of nitrogens with zero attached hydrogens (tertiary/aromatic N) is 2. The first kappa shape index (κ1) is 27.7. The molecule has 2 aliphatic rings. The number of benzene rings is 2. The molecule has 0 saturated carbocycles. The fourth-order valence-electron chi connectivity index (χ4n) is 4.84. The van der Waals surface area contributed by atoms with Crippen LogP contribution < -0.4 is 0 Å². The van der Waals surface area contributed by atoms with Crippen LogP contribution in [-0.2, 0) is 41.8 Å². The zero-order valence-electron chi connectivity index (χ0n) is 21.6. The molecule has 2 amide bonds. The van der Waals surface area contributed by atoms with Gasteiger partial charge in [0.1, 0.15) is 31.2 Å². The third kappa shape index (κ3) is 5.71. The Hall–Kier alpha value is -3.37. The average Bonchev–Trinajstić information content (AvgIpc) is 3.14. The summed E-state index contributed by atoms with van der Waals surface area (Å²) in [6, 6.07) is 17.4. The number of β-lactam (4-membered cyclic amide) rings is 1. The van der Waals surface area contributed by atoms with Gasteiger partial charge in [-0.25, -0.2) is 4.79 Å². The van der Waals surface area contributed by atoms with Crippen LogP contribution in [-0.4, -0.2) is 74.1 Å². The quantitative estimate of drug-likeness (QED) is 0.361. The number of thioether (sulfide) groups is 1. The molecule has 0 bridgehead atoms. The van der Waals surface area contributed by atoms with Crippen molar-refractivity contribution in [1.29, 1.82) is 0 Å². The molecule has 0 radical (unpaired) electrons. The van der Waals surface area contributed by atoms with Gasteiger partial charge in [0.25, 0.3) is 5.91 Å². The molecule has 4 atom stereocenters. The highest BCUT2D eigenvalue weighted by atomic mass is 32.2. The lowest BCUT2D eigenvalue weighted by molar-refractivity contribution is -0.176. The lowest BCUT2D eigenvalue weighted by atomic mass is 9.87. The number of carbonyl (C=O) groups excluding carboxylic acids is 4. The van der Waals surface area contributed by atoms with Gasteiger partial charge in [0.2, 0.25) is 5.91 Å². The Bertz CT molecular complexity index is 1170. The summed E-state index contributed by atoms with van der Waals surface area (Å²) in [5, 5.41) is 10.5. The van der Waals surface area contributed by atoms with Crippen molar-refractivity contribution >= 4 is 35.5 Å². The summed E-state index contributed by atoms with van der Waals surface area (Å²) in [4.78, 5) is 54.5. The van der Waals surface area contributed by atoms with E-state index in [0.29, 0.717) is 0 Å². The first-order valence-electron chi connectivity index (χ1n) is 12.5. The lowest BCUT2D eigenvalue weighted by Gasteiger charge is -2.45. The van der Waals surface area contributed by atoms with E-state index in [1.54, 1.807) is 31.2 Å². The van der Waals surface area contributed by atoms with Crippen LogP contribution in [0.5, 0.6) is 0 Å². The maximum Gasteiger partial charge on any atom is 0.330 e. The van der Waals surface area contributed by atoms with Crippen LogP contribution in [0.2, 0.25) is 0 Å². The molecule has 1 N–H and O–H groups in total. The summed E-state index contributed by atoms with van der Waals surface area (Å²) in [7, 11) is 0. The lowest BCUT2D eigenvalue weighted by Crippen LogP contribution is -2.67. The standard InChI is InChI=1S/C28H32N2O7S/c1-4-36-20(31)16-29(15-18-11-7-5-8-12-18)25(34)22(32)21-24(33)30-23(28(2,3)38-26(21)30)27(35)37-17-19-13-9-6-10-14-19/h5-14,21-23,26,32H,4,15-17H2,1-3H3/t21-,22+,23+,26-/m1/s1. The highest BCUT2D eigenvalue weighted by Crippen LogP contribution is 2.54. The van der Waals surface area contributed by atoms with Gasteiger partial charge in [0.15, 0.2) is 0 Å². The molecule has 0 aliphatic carbocycles. The van der Waals surface area contributed by atoms with E-state index in [-0.39, 0.29) is 26.3 Å². The molecule has 202 valence electrons. The Labute approximate surface area is 226 Å². The van der Waals surface area contributed by atoms with Crippen LogP contribution in [0.25, 0.3) is 0 Å². The van der Waals surface area contributed by atoms with E-state index in [2.05, 4.69) is 0 Å². The molecular weight excluding hydrogens is 508 g/mol. The van der Waals surface area contributed by atoms with Crippen LogP contribution in [0.1, 0.15) is 31.9 Å². The molecule has 0 spiro atoms. The van der Waals surface area contributed by atoms with Crippen molar-refractivity contribution in [2.24, 2.45) is 5.92 Å². The van der Waals surface area contributed by atoms with Gasteiger partial charge in [-0.3, -0.25) is 14.4 Å². The topological polar surface area (TPSA) is 113 Å². The minimum absolute atomic E-state index is 0.0674. The van der Waals surface area contributed by atoms with Crippen molar-refractivity contribution in [1.82, 2.24) is 9.80 Å². The van der Waals surface area contributed by atoms with Crippen LogP contribution in [0.15, 0.2) is 60.7 Å². The maximum absolute atomic E-state index is 13.4. The summed E-state index contributed by atoms with van der Waals surface area (Å²) in [6.45, 7) is 5.28. The van der Waals surface area contributed by atoms with Crippen LogP contribution >= 0.6 is 11.8 Å². The van der Waals surface area contributed by atoms with Gasteiger partial charge >= 0.3 is 11.9 Å². The number of hydrogen-bond donors (Lipinski definition) is 1. The van der Waals surface area contributed by atoms with Gasteiger partial charge in [0.05, 0.1) is 12.0 Å². The summed E-state index contributed by atoms with van der Waals surface area (Å²) >= 11 is 1.35. The first-order valence-corrected chi connectivity index (χ1v) is 13.4. The van der Waals surface area contributed by atoms with E-state index >= 15 is 0 Å². The Morgan fingerprint density at radius 3 is 2.24 bits per heavy atom. The molecule has 10 heteroatoms. The van der Waals surface area contributed by atoms with Gasteiger partial charge in [-0.2, -0.15) is 0 Å². The van der Waals surface area contributed by atoms with Crippen LogP contribution in [0.3, 0.4) is 0 Å². The first-order chi connectivity index (χ1) is 18.1. The smallest absolute Gasteiger partial charge is 0.330 e. The highest BCUT2D eigenvalue weighted by Gasteiger charge is 2.66. The second-order valence-corrected chi connectivity index (χ2v) is 11.6. The summed E-state index contributed by atoms with van der Waals surface area (Å²) in [5.41, 5.74) is 1.59. The molecule has 38 heavy (non-hydrogen) atoms. The van der Waals surface area contributed by atoms with Gasteiger partial charge in [-0.15, -0.1) is 11.8 Å². The number of esters is 2. The van der Waals surface area contributed by atoms with E-state index < -0.39 is 51.9 Å². The molecule has 0 aromatic heterocycles. The number of amides is 2. The molecule has 2 aliphatic heterocycles. The van der Waals surface area contributed by atoms with Crippen molar-refractivity contribution in [3.8, 4) is 0 Å². The number of ether oxygens (including phenoxy) is 2. The molecule has 9 nitrogen and oxygen atoms in total. The Kier molecular flexibility index (Phi) is 8.42. The number of aliphatic hydroxyl groups excluding tert-OH is 1. The van der Waals surface area contributed by atoms with Crippen molar-refractivity contribution in [3.63, 3.8) is 0 Å². The summed E-state index contributed by atoms with van der Waals surface area (Å²) < 4.78 is 9.84. The molecule has 2 aromatic rings. The van der Waals surface area contributed by atoms with Gasteiger partial charge < -0.3 is 24.4 Å². The van der Waals surface area contributed by atoms with Crippen LogP contribution in [0, 0.1) is 5.92 Å². The van der Waals surface area contributed by atoms with E-state index in [0.717, 1.165) is 11.1 Å². The van der Waals surface area contributed by atoms with E-state index in [1.807, 2.05) is 50.2 Å². The van der Waals surface area contributed by atoms with Crippen molar-refractivity contribution in [3.05, 3.63) is 71.8 Å². The van der Waals surface area contributed by atoms with Gasteiger partial charge in [-0.05, 0) is 31.9 Å². The summed E-state index contributed by atoms with van der Waals surface area (Å²) in [6.07, 6.45) is -1.68. The minimum Gasteiger partial charge on any atom is -0.465 e. The van der Waals surface area contributed by atoms with Crippen LogP contribution in [0.4, 0.5) is 0 Å². The maximum atomic E-state index is 13.4. The Morgan fingerprint density at radius 2 is 1.63 bits per heavy atom. The third-order valence-electron chi connectivity index (χ3n) is 6.68. The van der Waals surface area contributed by atoms with Gasteiger partial charge in [0, 0.05) is 11.3 Å². The average molecular weight is 541 g/mol. The number of carbonyl (C=O) groups is 4. The van der Waals surface area contributed by atoms with Gasteiger partial charge in [-0.1, -0.05) is 60.7 Å². The number of fused-ring (bicyclic) bond motifs is 1. The molecule has 2 saturated heterocycles. The van der Waals surface area contributed by atoms with Crippen molar-refractivity contribution in [2.45, 2.75) is 56.2 Å². The predicted octanol–water partition coefficient (Wildman–Crippen LogP) is 2.36. The Morgan fingerprint density at radius 1 is 1.03 bits per heavy atom. The van der Waals surface area contributed by atoms with Crippen molar-refractivity contribution in [2.75, 3.05) is 13.2 Å². The van der Waals surface area contributed by atoms with E-state index in [4.69, 9.17) is 9.47 Å². The second kappa shape index (κ2) is 11.6. The predicted molar refractivity (Wildman–Crippen MR) is 140 cm³/mol. The zero-order valence-corrected chi connectivity index (χ0v) is 22.4. The zero-order chi connectivity index (χ0) is 27.4. The SMILES string of the molecule is CCOC(=O)CN(Cc1ccccc1)C(=O)[C@@H](O)[C@@H]1C(=O)N2[C@@H]1SC(C)(C)[C@@H]2C(=O)OCc1ccccc1. The molecule has 4 rings (SSSR count). The fourth-order valence-corrected chi connectivity index (χ4v) is 6.55. The monoisotopic (exact) mass is 540 g/mol. The minimum atomic E-state index is -1.68. The molecule has 0 unspecified atom stereocenters. The molecule has 2 fully saturated rings. The molecule has 2 aromatic carbocycles. The molecular formula is C28H32N2O7S. The Balaban J connectivity index is 1.47. The number of hydrogen-bond acceptors (Lipinski definition) is 8. The highest BCUT2D eigenvalue weighted by molar-refractivity contribution is 8.01. The van der Waals surface area contributed by atoms with E-state index in [1.165, 1.54) is 21.6 Å². The second-order valence-electron chi connectivity index (χ2n) is 9.81. The van der Waals surface area contributed by atoms with E-state index in [9.17, 15) is 24.3 Å². The largest absolute Gasteiger partial charge is 0.465 e. The third-order valence-corrected chi connectivity index (χ3v) is 8.27. The molecule has 2 heterocycles. The number of aliphatic hydroxyl groups is 1.